The molecular formula is C57H42N2O2. The Morgan fingerprint density at radius 2 is 0.475 bits per heavy atom. The Hall–Kier alpha value is -8.08. The molecule has 0 aliphatic rings. The molecule has 0 fully saturated rings. The lowest BCUT2D eigenvalue weighted by molar-refractivity contribution is 0.597. The first-order valence-electron chi connectivity index (χ1n) is 20.6. The van der Waals surface area contributed by atoms with Gasteiger partial charge in [0.2, 0.25) is 0 Å². The molecule has 0 unspecified atom stereocenters. The summed E-state index contributed by atoms with van der Waals surface area (Å²) in [5, 5.41) is 0. The van der Waals surface area contributed by atoms with Crippen molar-refractivity contribution in [1.82, 2.24) is 0 Å². The fourth-order valence-electron chi connectivity index (χ4n) is 7.82. The van der Waals surface area contributed by atoms with E-state index in [1.165, 1.54) is 5.56 Å². The van der Waals surface area contributed by atoms with Crippen molar-refractivity contribution >= 4 is 34.1 Å². The molecular weight excluding hydrogens is 745 g/mol. The van der Waals surface area contributed by atoms with Crippen LogP contribution in [0.25, 0.3) is 56.4 Å². The summed E-state index contributed by atoms with van der Waals surface area (Å²) in [6.07, 6.45) is 0. The van der Waals surface area contributed by atoms with Gasteiger partial charge in [0, 0.05) is 56.4 Å². The van der Waals surface area contributed by atoms with E-state index in [0.29, 0.717) is 0 Å². The van der Waals surface area contributed by atoms with Crippen LogP contribution in [0.3, 0.4) is 0 Å². The van der Waals surface area contributed by atoms with E-state index >= 15 is 0 Å². The first-order valence-corrected chi connectivity index (χ1v) is 20.6. The topological polar surface area (TPSA) is 32.8 Å². The van der Waals surface area contributed by atoms with E-state index in [9.17, 15) is 0 Å². The van der Waals surface area contributed by atoms with Crippen molar-refractivity contribution in [3.63, 3.8) is 0 Å². The maximum Gasteiger partial charge on any atom is 0.134 e. The van der Waals surface area contributed by atoms with E-state index in [1.54, 1.807) is 0 Å². The maximum atomic E-state index is 6.30. The van der Waals surface area contributed by atoms with Gasteiger partial charge in [0.1, 0.15) is 23.0 Å². The van der Waals surface area contributed by atoms with Gasteiger partial charge in [-0.25, -0.2) is 0 Å². The molecule has 0 saturated carbocycles. The van der Waals surface area contributed by atoms with E-state index in [1.807, 2.05) is 42.5 Å². The fourth-order valence-corrected chi connectivity index (χ4v) is 7.82. The van der Waals surface area contributed by atoms with Crippen molar-refractivity contribution < 1.29 is 8.83 Å². The highest BCUT2D eigenvalue weighted by molar-refractivity contribution is 5.82. The third-order valence-corrected chi connectivity index (χ3v) is 11.0. The highest BCUT2D eigenvalue weighted by atomic mass is 16.3. The van der Waals surface area contributed by atoms with Crippen molar-refractivity contribution in [2.24, 2.45) is 0 Å². The predicted molar refractivity (Wildman–Crippen MR) is 252 cm³/mol. The lowest BCUT2D eigenvalue weighted by Crippen LogP contribution is -2.10. The van der Waals surface area contributed by atoms with Gasteiger partial charge < -0.3 is 18.6 Å². The number of furan rings is 2. The van der Waals surface area contributed by atoms with Crippen LogP contribution in [0, 0.1) is 6.92 Å². The Morgan fingerprint density at radius 1 is 0.230 bits per heavy atom. The van der Waals surface area contributed by atoms with E-state index in [2.05, 4.69) is 211 Å². The Morgan fingerprint density at radius 3 is 0.803 bits per heavy atom. The third kappa shape index (κ3) is 7.91. The van der Waals surface area contributed by atoms with Crippen molar-refractivity contribution in [2.45, 2.75) is 6.92 Å². The minimum atomic E-state index is 0.842. The molecule has 0 N–H and O–H groups in total. The highest BCUT2D eigenvalue weighted by Gasteiger charge is 2.16. The van der Waals surface area contributed by atoms with E-state index in [0.717, 1.165) is 90.5 Å². The zero-order valence-corrected chi connectivity index (χ0v) is 33.7. The molecule has 0 bridgehead atoms. The second kappa shape index (κ2) is 16.6. The van der Waals surface area contributed by atoms with Gasteiger partial charge in [0.05, 0.1) is 0 Å². The average Bonchev–Trinajstić information content (AvgIpc) is 4.04. The molecule has 0 radical (unpaired) electrons. The Balaban J connectivity index is 0.895. The van der Waals surface area contributed by atoms with E-state index in [-0.39, 0.29) is 0 Å². The van der Waals surface area contributed by atoms with Crippen molar-refractivity contribution in [3.05, 3.63) is 242 Å². The van der Waals surface area contributed by atoms with Gasteiger partial charge in [0.25, 0.3) is 0 Å². The van der Waals surface area contributed by atoms with Crippen LogP contribution < -0.4 is 9.80 Å². The summed E-state index contributed by atoms with van der Waals surface area (Å²) in [4.78, 5) is 4.57. The summed E-state index contributed by atoms with van der Waals surface area (Å²) < 4.78 is 12.6. The fraction of sp³-hybridized carbons (Fsp3) is 0.0175. The number of hydrogen-bond donors (Lipinski definition) is 0. The monoisotopic (exact) mass is 786 g/mol. The number of para-hydroxylation sites is 2. The summed E-state index contributed by atoms with van der Waals surface area (Å²) in [6, 6.07) is 82.5. The van der Waals surface area contributed by atoms with Crippen LogP contribution in [-0.2, 0) is 0 Å². The highest BCUT2D eigenvalue weighted by Crippen LogP contribution is 2.40. The zero-order valence-electron chi connectivity index (χ0n) is 33.7. The second-order valence-corrected chi connectivity index (χ2v) is 15.1. The lowest BCUT2D eigenvalue weighted by Gasteiger charge is -2.26. The van der Waals surface area contributed by atoms with E-state index in [4.69, 9.17) is 8.83 Å². The van der Waals surface area contributed by atoms with Gasteiger partial charge in [-0.15, -0.1) is 0 Å². The van der Waals surface area contributed by atoms with Gasteiger partial charge in [0.15, 0.2) is 0 Å². The van der Waals surface area contributed by atoms with Gasteiger partial charge in [-0.1, -0.05) is 121 Å². The van der Waals surface area contributed by atoms with Crippen molar-refractivity contribution in [1.29, 1.82) is 0 Å². The SMILES string of the molecule is Cc1ccc(-c2ccc(-c3ccc(N(c4ccccc4)c4ccc(-c5ccc(N(c6ccccc6)c6ccc(-c7ccc(-c8ccccc8)o7)cc6)cc5)cc4)cc3)o2)cc1. The standard InChI is InChI=1S/C57H42N2O2/c1-41-17-19-45(20-18-41)55-39-40-57(61-55)47-27-35-53(36-28-47)59(49-15-9-4-10-16-49)51-31-23-43(24-32-51)42-21-29-50(30-22-42)58(48-13-7-3-8-14-48)52-33-25-46(26-34-52)56-38-37-54(60-56)44-11-5-2-6-12-44/h2-40H,1H3. The molecule has 8 aromatic carbocycles. The van der Waals surface area contributed by atoms with Gasteiger partial charge >= 0.3 is 0 Å². The van der Waals surface area contributed by atoms with E-state index < -0.39 is 0 Å². The van der Waals surface area contributed by atoms with Gasteiger partial charge in [-0.2, -0.15) is 0 Å². The Labute approximate surface area is 356 Å². The third-order valence-electron chi connectivity index (χ3n) is 11.0. The summed E-state index contributed by atoms with van der Waals surface area (Å²) >= 11 is 0. The van der Waals surface area contributed by atoms with Crippen LogP contribution in [0.15, 0.2) is 245 Å². The average molecular weight is 787 g/mol. The van der Waals surface area contributed by atoms with Crippen molar-refractivity contribution in [2.75, 3.05) is 9.80 Å². The van der Waals surface area contributed by atoms with Crippen LogP contribution in [0.2, 0.25) is 0 Å². The summed E-state index contributed by atoms with van der Waals surface area (Å²) in [5.41, 5.74) is 14.2. The summed E-state index contributed by atoms with van der Waals surface area (Å²) in [5.74, 6) is 3.41. The minimum Gasteiger partial charge on any atom is -0.456 e. The minimum absolute atomic E-state index is 0.842. The molecule has 4 heteroatoms. The molecule has 4 nitrogen and oxygen atoms in total. The molecule has 61 heavy (non-hydrogen) atoms. The second-order valence-electron chi connectivity index (χ2n) is 15.1. The molecule has 292 valence electrons. The first-order chi connectivity index (χ1) is 30.1. The molecule has 0 saturated heterocycles. The number of rotatable bonds is 11. The summed E-state index contributed by atoms with van der Waals surface area (Å²) in [6.45, 7) is 2.09. The lowest BCUT2D eigenvalue weighted by atomic mass is 10.0. The molecule has 10 aromatic rings. The largest absolute Gasteiger partial charge is 0.456 e. The molecule has 0 aliphatic carbocycles. The van der Waals surface area contributed by atoms with Gasteiger partial charge in [-0.05, 0) is 139 Å². The number of aryl methyl sites for hydroxylation is 1. The number of benzene rings is 8. The smallest absolute Gasteiger partial charge is 0.134 e. The molecule has 10 rings (SSSR count). The predicted octanol–water partition coefficient (Wildman–Crippen LogP) is 16.5. The van der Waals surface area contributed by atoms with Crippen LogP contribution >= 0.6 is 0 Å². The quantitative estimate of drug-likeness (QED) is 0.131. The molecule has 0 aliphatic heterocycles. The number of hydrogen-bond acceptors (Lipinski definition) is 4. The van der Waals surface area contributed by atoms with Crippen LogP contribution in [-0.4, -0.2) is 0 Å². The Bertz CT molecular complexity index is 2970. The summed E-state index contributed by atoms with van der Waals surface area (Å²) in [7, 11) is 0. The van der Waals surface area contributed by atoms with Crippen LogP contribution in [0.5, 0.6) is 0 Å². The molecule has 0 amide bonds. The van der Waals surface area contributed by atoms with Crippen LogP contribution in [0.4, 0.5) is 34.1 Å². The molecule has 2 heterocycles. The van der Waals surface area contributed by atoms with Gasteiger partial charge in [-0.3, -0.25) is 0 Å². The molecule has 0 atom stereocenters. The number of nitrogens with zero attached hydrogens (tertiary/aromatic N) is 2. The maximum absolute atomic E-state index is 6.30. The zero-order chi connectivity index (χ0) is 41.0. The number of anilines is 6. The van der Waals surface area contributed by atoms with Crippen LogP contribution in [0.1, 0.15) is 5.56 Å². The first kappa shape index (κ1) is 37.2. The normalized spacial score (nSPS) is 11.0. The Kier molecular flexibility index (Phi) is 10.2. The molecule has 0 spiro atoms. The molecule has 2 aromatic heterocycles. The van der Waals surface area contributed by atoms with Crippen molar-refractivity contribution in [3.8, 4) is 56.4 Å².